The van der Waals surface area contributed by atoms with Crippen molar-refractivity contribution in [2.24, 2.45) is 0 Å². The van der Waals surface area contributed by atoms with Gasteiger partial charge in [0, 0.05) is 10.9 Å². The monoisotopic (exact) mass is 417 g/mol. The van der Waals surface area contributed by atoms with Crippen LogP contribution in [0.1, 0.15) is 15.9 Å². The summed E-state index contributed by atoms with van der Waals surface area (Å²) in [5, 5.41) is 7.82. The molecule has 0 fully saturated rings. The van der Waals surface area contributed by atoms with E-state index in [4.69, 9.17) is 0 Å². The number of hydrogen-bond acceptors (Lipinski definition) is 2. The zero-order valence-electron chi connectivity index (χ0n) is 14.9. The molecule has 1 heterocycles. The van der Waals surface area contributed by atoms with Gasteiger partial charge in [0.15, 0.2) is 0 Å². The van der Waals surface area contributed by atoms with Crippen molar-refractivity contribution in [3.8, 4) is 5.69 Å². The average Bonchev–Trinajstić information content (AvgIpc) is 3.13. The lowest BCUT2D eigenvalue weighted by molar-refractivity contribution is -0.137. The Hall–Kier alpha value is -3.32. The molecule has 0 aliphatic rings. The first kappa shape index (κ1) is 20.4. The predicted molar refractivity (Wildman–Crippen MR) is 108 cm³/mol. The van der Waals surface area contributed by atoms with Crippen LogP contribution >= 0.6 is 12.4 Å². The number of nitrogens with one attached hydrogen (secondary N) is 1. The van der Waals surface area contributed by atoms with E-state index in [1.54, 1.807) is 48.7 Å². The molecule has 0 spiro atoms. The summed E-state index contributed by atoms with van der Waals surface area (Å²) < 4.78 is 39.8. The number of amides is 1. The Morgan fingerprint density at radius 2 is 1.59 bits per heavy atom. The van der Waals surface area contributed by atoms with Crippen molar-refractivity contribution < 1.29 is 18.0 Å². The molecule has 1 N–H and O–H groups in total. The van der Waals surface area contributed by atoms with Crippen LogP contribution in [0.4, 0.5) is 18.9 Å². The SMILES string of the molecule is Cl.O=C(Nc1cccc2c1cnn2-c1ccc(C(F)(F)F)cc1)c1ccccc1. The fraction of sp³-hybridized carbons (Fsp3) is 0.0476. The molecule has 8 heteroatoms. The second-order valence-corrected chi connectivity index (χ2v) is 6.16. The minimum atomic E-state index is -4.39. The van der Waals surface area contributed by atoms with Gasteiger partial charge in [0.2, 0.25) is 0 Å². The molecule has 0 unspecified atom stereocenters. The van der Waals surface area contributed by atoms with Crippen molar-refractivity contribution in [1.82, 2.24) is 9.78 Å². The predicted octanol–water partition coefficient (Wildman–Crippen LogP) is 5.72. The number of benzene rings is 3. The maximum absolute atomic E-state index is 12.8. The van der Waals surface area contributed by atoms with Crippen molar-refractivity contribution in [1.29, 1.82) is 0 Å². The molecule has 0 aliphatic carbocycles. The van der Waals surface area contributed by atoms with Crippen LogP contribution in [0.2, 0.25) is 0 Å². The molecule has 0 bridgehead atoms. The molecule has 1 amide bonds. The standard InChI is InChI=1S/C21H14F3N3O.ClH/c22-21(23,24)15-9-11-16(12-10-15)27-19-8-4-7-18(17(19)13-25-27)26-20(28)14-5-2-1-3-6-14;/h1-13H,(H,26,28);1H. The quantitative estimate of drug-likeness (QED) is 0.463. The fourth-order valence-electron chi connectivity index (χ4n) is 2.94. The largest absolute Gasteiger partial charge is 0.416 e. The number of carbonyl (C=O) groups excluding carboxylic acids is 1. The Balaban J connectivity index is 0.00000240. The highest BCUT2D eigenvalue weighted by Gasteiger charge is 2.30. The van der Waals surface area contributed by atoms with E-state index in [1.165, 1.54) is 16.8 Å². The smallest absolute Gasteiger partial charge is 0.321 e. The molecule has 0 atom stereocenters. The first-order valence-corrected chi connectivity index (χ1v) is 8.44. The first-order valence-electron chi connectivity index (χ1n) is 8.44. The highest BCUT2D eigenvalue weighted by Crippen LogP contribution is 2.31. The van der Waals surface area contributed by atoms with E-state index >= 15 is 0 Å². The number of nitrogens with zero attached hydrogens (tertiary/aromatic N) is 2. The van der Waals surface area contributed by atoms with Gasteiger partial charge in [-0.1, -0.05) is 24.3 Å². The molecule has 3 aromatic carbocycles. The molecule has 4 rings (SSSR count). The molecule has 0 saturated carbocycles. The molecular formula is C21H15ClF3N3O. The molecule has 0 aliphatic heterocycles. The Kier molecular flexibility index (Phi) is 5.61. The fourth-order valence-corrected chi connectivity index (χ4v) is 2.94. The van der Waals surface area contributed by atoms with E-state index in [0.717, 1.165) is 12.1 Å². The Bertz CT molecular complexity index is 1140. The van der Waals surface area contributed by atoms with Gasteiger partial charge in [-0.05, 0) is 48.5 Å². The van der Waals surface area contributed by atoms with Gasteiger partial charge in [-0.3, -0.25) is 4.79 Å². The third-order valence-corrected chi connectivity index (χ3v) is 4.34. The summed E-state index contributed by atoms with van der Waals surface area (Å²) in [4.78, 5) is 12.4. The topological polar surface area (TPSA) is 46.9 Å². The lowest BCUT2D eigenvalue weighted by Gasteiger charge is -2.09. The van der Waals surface area contributed by atoms with Gasteiger partial charge in [0.25, 0.3) is 5.91 Å². The number of halogens is 4. The third-order valence-electron chi connectivity index (χ3n) is 4.34. The summed E-state index contributed by atoms with van der Waals surface area (Å²) >= 11 is 0. The minimum Gasteiger partial charge on any atom is -0.321 e. The zero-order valence-corrected chi connectivity index (χ0v) is 15.7. The number of anilines is 1. The lowest BCUT2D eigenvalue weighted by Crippen LogP contribution is -2.11. The van der Waals surface area contributed by atoms with Crippen molar-refractivity contribution in [3.63, 3.8) is 0 Å². The van der Waals surface area contributed by atoms with Crippen LogP contribution in [0.25, 0.3) is 16.6 Å². The zero-order chi connectivity index (χ0) is 19.7. The van der Waals surface area contributed by atoms with Crippen LogP contribution in [-0.4, -0.2) is 15.7 Å². The molecule has 4 aromatic rings. The van der Waals surface area contributed by atoms with Crippen LogP contribution in [0.15, 0.2) is 79.0 Å². The van der Waals surface area contributed by atoms with E-state index < -0.39 is 11.7 Å². The van der Waals surface area contributed by atoms with Crippen molar-refractivity contribution in [3.05, 3.63) is 90.1 Å². The molecule has 0 saturated heterocycles. The molecule has 0 radical (unpaired) electrons. The van der Waals surface area contributed by atoms with Gasteiger partial charge < -0.3 is 5.32 Å². The van der Waals surface area contributed by atoms with Crippen LogP contribution in [0.3, 0.4) is 0 Å². The molecular weight excluding hydrogens is 403 g/mol. The number of carbonyl (C=O) groups is 1. The molecule has 148 valence electrons. The van der Waals surface area contributed by atoms with Crippen LogP contribution in [0, 0.1) is 0 Å². The number of rotatable bonds is 3. The number of aromatic nitrogens is 2. The van der Waals surface area contributed by atoms with Crippen molar-refractivity contribution >= 4 is 34.9 Å². The second kappa shape index (κ2) is 7.97. The minimum absolute atomic E-state index is 0. The number of hydrogen-bond donors (Lipinski definition) is 1. The lowest BCUT2D eigenvalue weighted by atomic mass is 10.1. The van der Waals surface area contributed by atoms with Gasteiger partial charge >= 0.3 is 6.18 Å². The summed E-state index contributed by atoms with van der Waals surface area (Å²) in [6.07, 6.45) is -2.81. The van der Waals surface area contributed by atoms with E-state index in [1.807, 2.05) is 6.07 Å². The van der Waals surface area contributed by atoms with Crippen molar-refractivity contribution in [2.75, 3.05) is 5.32 Å². The number of alkyl halides is 3. The van der Waals surface area contributed by atoms with Gasteiger partial charge in [-0.2, -0.15) is 18.3 Å². The maximum atomic E-state index is 12.8. The summed E-state index contributed by atoms with van der Waals surface area (Å²) in [5.74, 6) is -0.254. The average molecular weight is 418 g/mol. The van der Waals surface area contributed by atoms with Gasteiger partial charge in [0.05, 0.1) is 28.7 Å². The molecule has 4 nitrogen and oxygen atoms in total. The highest BCUT2D eigenvalue weighted by molar-refractivity contribution is 6.08. The Labute approximate surface area is 170 Å². The Morgan fingerprint density at radius 1 is 0.897 bits per heavy atom. The van der Waals surface area contributed by atoms with E-state index in [2.05, 4.69) is 10.4 Å². The summed E-state index contributed by atoms with van der Waals surface area (Å²) in [5.41, 5.74) is 1.54. The van der Waals surface area contributed by atoms with Gasteiger partial charge in [0.1, 0.15) is 0 Å². The number of fused-ring (bicyclic) bond motifs is 1. The molecule has 1 aromatic heterocycles. The van der Waals surface area contributed by atoms with Crippen LogP contribution in [-0.2, 0) is 6.18 Å². The van der Waals surface area contributed by atoms with Crippen LogP contribution in [0.5, 0.6) is 0 Å². The van der Waals surface area contributed by atoms with Crippen molar-refractivity contribution in [2.45, 2.75) is 6.18 Å². The maximum Gasteiger partial charge on any atom is 0.416 e. The third kappa shape index (κ3) is 4.09. The summed E-state index contributed by atoms with van der Waals surface area (Å²) in [6, 6.07) is 18.9. The van der Waals surface area contributed by atoms with Gasteiger partial charge in [-0.15, -0.1) is 12.4 Å². The van der Waals surface area contributed by atoms with E-state index in [9.17, 15) is 18.0 Å². The Morgan fingerprint density at radius 3 is 2.24 bits per heavy atom. The second-order valence-electron chi connectivity index (χ2n) is 6.16. The van der Waals surface area contributed by atoms with Gasteiger partial charge in [-0.25, -0.2) is 4.68 Å². The summed E-state index contributed by atoms with van der Waals surface area (Å²) in [7, 11) is 0. The first-order chi connectivity index (χ1) is 13.4. The highest BCUT2D eigenvalue weighted by atomic mass is 35.5. The van der Waals surface area contributed by atoms with Crippen LogP contribution < -0.4 is 5.32 Å². The van der Waals surface area contributed by atoms with E-state index in [0.29, 0.717) is 27.8 Å². The normalized spacial score (nSPS) is 11.1. The summed E-state index contributed by atoms with van der Waals surface area (Å²) in [6.45, 7) is 0. The molecule has 29 heavy (non-hydrogen) atoms. The van der Waals surface area contributed by atoms with E-state index in [-0.39, 0.29) is 18.3 Å².